The van der Waals surface area contributed by atoms with Crippen molar-refractivity contribution in [2.45, 2.75) is 0 Å². The molecule has 0 atom stereocenters. The lowest BCUT2D eigenvalue weighted by Crippen LogP contribution is -2.03. The van der Waals surface area contributed by atoms with Gasteiger partial charge in [0.1, 0.15) is 0 Å². The van der Waals surface area contributed by atoms with E-state index in [1.165, 1.54) is 49.0 Å². The number of nitrogens with zero attached hydrogens (tertiary/aromatic N) is 4. The maximum atomic E-state index is 5.41. The number of rotatable bonds is 4. The van der Waals surface area contributed by atoms with Gasteiger partial charge in [-0.15, -0.1) is 0 Å². The summed E-state index contributed by atoms with van der Waals surface area (Å²) in [7, 11) is 0. The molecular formula is C48H30N4. The first-order valence-electron chi connectivity index (χ1n) is 17.7. The van der Waals surface area contributed by atoms with Crippen LogP contribution in [0.25, 0.3) is 99.3 Å². The molecule has 0 unspecified atom stereocenters. The predicted molar refractivity (Wildman–Crippen MR) is 217 cm³/mol. The minimum Gasteiger partial charge on any atom is -0.309 e. The van der Waals surface area contributed by atoms with E-state index in [-0.39, 0.29) is 0 Å². The van der Waals surface area contributed by atoms with Gasteiger partial charge < -0.3 is 4.57 Å². The Morgan fingerprint density at radius 2 is 0.885 bits per heavy atom. The van der Waals surface area contributed by atoms with Crippen molar-refractivity contribution < 1.29 is 0 Å². The van der Waals surface area contributed by atoms with E-state index in [1.807, 2.05) is 0 Å². The Bertz CT molecular complexity index is 3160. The molecule has 11 aromatic rings. The van der Waals surface area contributed by atoms with Gasteiger partial charge in [0.2, 0.25) is 5.95 Å². The van der Waals surface area contributed by atoms with Gasteiger partial charge in [-0.05, 0) is 52.9 Å². The lowest BCUT2D eigenvalue weighted by atomic mass is 10.0. The molecule has 8 aromatic carbocycles. The van der Waals surface area contributed by atoms with Gasteiger partial charge in [0.05, 0.1) is 39.0 Å². The van der Waals surface area contributed by atoms with E-state index in [9.17, 15) is 0 Å². The van der Waals surface area contributed by atoms with Crippen LogP contribution in [0, 0.1) is 0 Å². The van der Waals surface area contributed by atoms with E-state index in [4.69, 9.17) is 9.97 Å². The van der Waals surface area contributed by atoms with Crippen molar-refractivity contribution in [3.05, 3.63) is 182 Å². The maximum absolute atomic E-state index is 5.41. The number of hydrogen-bond donors (Lipinski definition) is 0. The molecule has 0 spiro atoms. The molecular weight excluding hydrogens is 633 g/mol. The fourth-order valence-corrected chi connectivity index (χ4v) is 8.14. The van der Waals surface area contributed by atoms with Crippen LogP contribution in [0.2, 0.25) is 0 Å². The summed E-state index contributed by atoms with van der Waals surface area (Å²) in [6.07, 6.45) is 0. The van der Waals surface area contributed by atoms with E-state index < -0.39 is 0 Å². The van der Waals surface area contributed by atoms with Crippen molar-refractivity contribution in [2.75, 3.05) is 0 Å². The van der Waals surface area contributed by atoms with Crippen LogP contribution in [0.1, 0.15) is 0 Å². The van der Waals surface area contributed by atoms with Crippen molar-refractivity contribution in [1.82, 2.24) is 19.1 Å². The zero-order chi connectivity index (χ0) is 34.2. The predicted octanol–water partition coefficient (Wildman–Crippen LogP) is 12.3. The van der Waals surface area contributed by atoms with Gasteiger partial charge in [0.25, 0.3) is 0 Å². The van der Waals surface area contributed by atoms with Crippen molar-refractivity contribution in [1.29, 1.82) is 0 Å². The number of aromatic nitrogens is 4. The van der Waals surface area contributed by atoms with Crippen molar-refractivity contribution in [2.24, 2.45) is 0 Å². The van der Waals surface area contributed by atoms with E-state index in [0.29, 0.717) is 5.95 Å². The van der Waals surface area contributed by atoms with Crippen molar-refractivity contribution >= 4 is 65.3 Å². The molecule has 3 aromatic heterocycles. The molecule has 0 saturated heterocycles. The van der Waals surface area contributed by atoms with Gasteiger partial charge in [-0.2, -0.15) is 0 Å². The second-order valence-electron chi connectivity index (χ2n) is 13.4. The minimum atomic E-state index is 0.652. The Balaban J connectivity index is 1.21. The van der Waals surface area contributed by atoms with E-state index in [1.54, 1.807) is 0 Å². The first-order valence-corrected chi connectivity index (χ1v) is 17.7. The van der Waals surface area contributed by atoms with E-state index >= 15 is 0 Å². The molecule has 0 amide bonds. The molecule has 3 heterocycles. The SMILES string of the molecule is c1ccc(-c2ccc(-c3nc(-n4c5ccccc5c5cc6c7ccccc7n(-c7cccc8ccccc78)c6cc54)nc4ccccc34)cc2)cc1. The first kappa shape index (κ1) is 28.8. The van der Waals surface area contributed by atoms with Crippen molar-refractivity contribution in [3.63, 3.8) is 0 Å². The number of hydrogen-bond acceptors (Lipinski definition) is 2. The van der Waals surface area contributed by atoms with Crippen molar-refractivity contribution in [3.8, 4) is 34.0 Å². The van der Waals surface area contributed by atoms with Crippen LogP contribution in [-0.4, -0.2) is 19.1 Å². The molecule has 11 rings (SSSR count). The summed E-state index contributed by atoms with van der Waals surface area (Å²) in [4.78, 5) is 10.7. The maximum Gasteiger partial charge on any atom is 0.235 e. The van der Waals surface area contributed by atoms with Gasteiger partial charge in [-0.3, -0.25) is 4.57 Å². The molecule has 0 bridgehead atoms. The lowest BCUT2D eigenvalue weighted by molar-refractivity contribution is 1.01. The Labute approximate surface area is 299 Å². The second-order valence-corrected chi connectivity index (χ2v) is 13.4. The Kier molecular flexibility index (Phi) is 6.22. The normalized spacial score (nSPS) is 11.8. The van der Waals surface area contributed by atoms with Gasteiger partial charge in [-0.25, -0.2) is 9.97 Å². The zero-order valence-corrected chi connectivity index (χ0v) is 28.1. The van der Waals surface area contributed by atoms with Crippen LogP contribution in [0.15, 0.2) is 182 Å². The highest BCUT2D eigenvalue weighted by Gasteiger charge is 2.21. The fourth-order valence-electron chi connectivity index (χ4n) is 8.14. The molecule has 242 valence electrons. The summed E-state index contributed by atoms with van der Waals surface area (Å²) < 4.78 is 4.68. The van der Waals surface area contributed by atoms with Crippen LogP contribution < -0.4 is 0 Å². The topological polar surface area (TPSA) is 35.6 Å². The second kappa shape index (κ2) is 11.2. The van der Waals surface area contributed by atoms with Gasteiger partial charge in [0.15, 0.2) is 0 Å². The summed E-state index contributed by atoms with van der Waals surface area (Å²) in [5.74, 6) is 0.652. The molecule has 4 nitrogen and oxygen atoms in total. The van der Waals surface area contributed by atoms with Crippen LogP contribution in [0.5, 0.6) is 0 Å². The molecule has 0 aliphatic heterocycles. The highest BCUT2D eigenvalue weighted by Crippen LogP contribution is 2.41. The summed E-state index contributed by atoms with van der Waals surface area (Å²) >= 11 is 0. The molecule has 0 saturated carbocycles. The fraction of sp³-hybridized carbons (Fsp3) is 0. The standard InChI is InChI=1S/C48H30N4/c1-2-13-31(14-3-1)32-25-27-34(28-26-32)47-38-20-6-9-21-41(38)49-48(50-47)52-44-23-11-8-19-37(44)40-29-39-36-18-7-10-22-43(36)51(45(39)30-46(40)52)42-24-12-16-33-15-4-5-17-35(33)42/h1-30H. The van der Waals surface area contributed by atoms with Crippen LogP contribution in [0.4, 0.5) is 0 Å². The first-order chi connectivity index (χ1) is 25.8. The summed E-state index contributed by atoms with van der Waals surface area (Å²) in [5.41, 5.74) is 10.9. The van der Waals surface area contributed by atoms with Crippen LogP contribution in [-0.2, 0) is 0 Å². The Hall–Kier alpha value is -7.04. The molecule has 0 fully saturated rings. The molecule has 0 aliphatic rings. The smallest absolute Gasteiger partial charge is 0.235 e. The molecule has 0 radical (unpaired) electrons. The summed E-state index contributed by atoms with van der Waals surface area (Å²) in [5, 5.41) is 8.26. The highest BCUT2D eigenvalue weighted by atomic mass is 15.2. The van der Waals surface area contributed by atoms with Gasteiger partial charge >= 0.3 is 0 Å². The summed E-state index contributed by atoms with van der Waals surface area (Å²) in [6.45, 7) is 0. The van der Waals surface area contributed by atoms with Crippen LogP contribution in [0.3, 0.4) is 0 Å². The average molecular weight is 663 g/mol. The zero-order valence-electron chi connectivity index (χ0n) is 28.1. The van der Waals surface area contributed by atoms with Gasteiger partial charge in [0, 0.05) is 37.9 Å². The lowest BCUT2D eigenvalue weighted by Gasteiger charge is -2.13. The van der Waals surface area contributed by atoms with E-state index in [2.05, 4.69) is 191 Å². The summed E-state index contributed by atoms with van der Waals surface area (Å²) in [6, 6.07) is 64.9. The monoisotopic (exact) mass is 662 g/mol. The third-order valence-electron chi connectivity index (χ3n) is 10.5. The van der Waals surface area contributed by atoms with E-state index in [0.717, 1.165) is 44.4 Å². The Morgan fingerprint density at radius 1 is 0.327 bits per heavy atom. The minimum absolute atomic E-state index is 0.652. The average Bonchev–Trinajstić information content (AvgIpc) is 3.71. The quantitative estimate of drug-likeness (QED) is 0.188. The molecule has 0 aliphatic carbocycles. The number of benzene rings is 8. The van der Waals surface area contributed by atoms with Crippen LogP contribution >= 0.6 is 0 Å². The third kappa shape index (κ3) is 4.28. The Morgan fingerprint density at radius 3 is 1.65 bits per heavy atom. The largest absolute Gasteiger partial charge is 0.309 e. The van der Waals surface area contributed by atoms with Gasteiger partial charge in [-0.1, -0.05) is 146 Å². The molecule has 0 N–H and O–H groups in total. The third-order valence-corrected chi connectivity index (χ3v) is 10.5. The molecule has 52 heavy (non-hydrogen) atoms. The molecule has 4 heteroatoms. The number of para-hydroxylation sites is 3. The number of fused-ring (bicyclic) bond motifs is 8. The highest BCUT2D eigenvalue weighted by molar-refractivity contribution is 6.19.